The summed E-state index contributed by atoms with van der Waals surface area (Å²) >= 11 is 0. The fraction of sp³-hybridized carbons (Fsp3) is 0. The summed E-state index contributed by atoms with van der Waals surface area (Å²) in [5.41, 5.74) is 0.777. The highest BCUT2D eigenvalue weighted by atomic mass is 19.1. The van der Waals surface area contributed by atoms with E-state index in [4.69, 9.17) is 5.11 Å². The van der Waals surface area contributed by atoms with Crippen molar-refractivity contribution in [2.45, 2.75) is 0 Å². The minimum absolute atomic E-state index is 0.143. The summed E-state index contributed by atoms with van der Waals surface area (Å²) < 4.78 is 27.3. The van der Waals surface area contributed by atoms with Gasteiger partial charge in [0.05, 0.1) is 0 Å². The molecule has 0 unspecified atom stereocenters. The Bertz CT molecular complexity index is 648. The van der Waals surface area contributed by atoms with Crippen molar-refractivity contribution in [3.63, 3.8) is 0 Å². The van der Waals surface area contributed by atoms with Gasteiger partial charge in [0.25, 0.3) is 0 Å². The Kier molecular flexibility index (Phi) is 3.71. The normalized spacial score (nSPS) is 10.8. The van der Waals surface area contributed by atoms with Gasteiger partial charge in [-0.05, 0) is 23.8 Å². The Morgan fingerprint density at radius 3 is 2.53 bits per heavy atom. The van der Waals surface area contributed by atoms with Crippen LogP contribution in [0.1, 0.15) is 5.56 Å². The molecular weight excluding hydrogens is 250 g/mol. The fourth-order valence-corrected chi connectivity index (χ4v) is 1.72. The van der Waals surface area contributed by atoms with Gasteiger partial charge < -0.3 is 5.11 Å². The van der Waals surface area contributed by atoms with Crippen molar-refractivity contribution >= 4 is 12.0 Å². The van der Waals surface area contributed by atoms with Crippen molar-refractivity contribution in [1.29, 1.82) is 0 Å². The summed E-state index contributed by atoms with van der Waals surface area (Å²) in [7, 11) is 0. The van der Waals surface area contributed by atoms with E-state index < -0.39 is 17.6 Å². The minimum atomic E-state index is -1.16. The maximum Gasteiger partial charge on any atom is 0.328 e. The molecule has 1 N–H and O–H groups in total. The van der Waals surface area contributed by atoms with Crippen LogP contribution in [0.5, 0.6) is 0 Å². The van der Waals surface area contributed by atoms with E-state index in [2.05, 4.69) is 0 Å². The van der Waals surface area contributed by atoms with Gasteiger partial charge in [-0.25, -0.2) is 13.6 Å². The molecule has 0 aliphatic heterocycles. The van der Waals surface area contributed by atoms with Gasteiger partial charge in [-0.1, -0.05) is 30.3 Å². The molecule has 0 saturated carbocycles. The van der Waals surface area contributed by atoms with Crippen LogP contribution in [0.3, 0.4) is 0 Å². The van der Waals surface area contributed by atoms with E-state index in [0.29, 0.717) is 5.56 Å². The number of carbonyl (C=O) groups is 1. The molecule has 0 atom stereocenters. The molecule has 0 heterocycles. The van der Waals surface area contributed by atoms with Gasteiger partial charge in [-0.2, -0.15) is 0 Å². The van der Waals surface area contributed by atoms with Crippen molar-refractivity contribution < 1.29 is 18.7 Å². The lowest BCUT2D eigenvalue weighted by atomic mass is 10.0. The third-order valence-electron chi connectivity index (χ3n) is 2.57. The van der Waals surface area contributed by atoms with Crippen molar-refractivity contribution in [3.8, 4) is 11.1 Å². The average Bonchev–Trinajstić information content (AvgIpc) is 2.37. The summed E-state index contributed by atoms with van der Waals surface area (Å²) in [6, 6.07) is 10.1. The summed E-state index contributed by atoms with van der Waals surface area (Å²) in [6.07, 6.45) is 2.02. The van der Waals surface area contributed by atoms with E-state index in [1.54, 1.807) is 12.1 Å². The first-order chi connectivity index (χ1) is 9.08. The zero-order valence-electron chi connectivity index (χ0n) is 9.81. The Labute approximate surface area is 108 Å². The van der Waals surface area contributed by atoms with Crippen LogP contribution in [0, 0.1) is 11.6 Å². The molecule has 0 aromatic heterocycles. The SMILES string of the molecule is O=C(O)C=Cc1cccc(-c2cccc(F)c2)c1F. The number of carboxylic acids is 1. The number of aliphatic carboxylic acids is 1. The van der Waals surface area contributed by atoms with Crippen LogP contribution in [0.4, 0.5) is 8.78 Å². The van der Waals surface area contributed by atoms with Crippen LogP contribution in [-0.4, -0.2) is 11.1 Å². The molecule has 0 spiro atoms. The first kappa shape index (κ1) is 13.0. The van der Waals surface area contributed by atoms with E-state index in [1.165, 1.54) is 36.4 Å². The van der Waals surface area contributed by atoms with E-state index in [0.717, 1.165) is 6.08 Å². The third kappa shape index (κ3) is 3.04. The molecule has 2 aromatic carbocycles. The Morgan fingerprint density at radius 1 is 1.11 bits per heavy atom. The second-order valence-corrected chi connectivity index (χ2v) is 3.89. The largest absolute Gasteiger partial charge is 0.478 e. The smallest absolute Gasteiger partial charge is 0.328 e. The van der Waals surface area contributed by atoms with E-state index in [1.807, 2.05) is 0 Å². The first-order valence-electron chi connectivity index (χ1n) is 5.53. The lowest BCUT2D eigenvalue weighted by Crippen LogP contribution is -1.91. The van der Waals surface area contributed by atoms with Crippen LogP contribution in [0.25, 0.3) is 17.2 Å². The van der Waals surface area contributed by atoms with Gasteiger partial charge in [0, 0.05) is 17.2 Å². The molecule has 0 amide bonds. The molecule has 96 valence electrons. The predicted molar refractivity (Wildman–Crippen MR) is 68.5 cm³/mol. The van der Waals surface area contributed by atoms with Gasteiger partial charge in [-0.15, -0.1) is 0 Å². The predicted octanol–water partition coefficient (Wildman–Crippen LogP) is 3.73. The van der Waals surface area contributed by atoms with Crippen LogP contribution in [0.15, 0.2) is 48.5 Å². The van der Waals surface area contributed by atoms with Crippen molar-refractivity contribution in [3.05, 3.63) is 65.7 Å². The molecule has 0 aliphatic carbocycles. The second-order valence-electron chi connectivity index (χ2n) is 3.89. The number of halogens is 2. The van der Waals surface area contributed by atoms with Gasteiger partial charge in [0.15, 0.2) is 0 Å². The summed E-state index contributed by atoms with van der Waals surface area (Å²) in [5, 5.41) is 8.53. The molecule has 0 bridgehead atoms. The van der Waals surface area contributed by atoms with Crippen LogP contribution in [0.2, 0.25) is 0 Å². The highest BCUT2D eigenvalue weighted by Gasteiger charge is 2.08. The zero-order valence-corrected chi connectivity index (χ0v) is 9.81. The molecule has 0 fully saturated rings. The number of benzene rings is 2. The molecule has 19 heavy (non-hydrogen) atoms. The fourth-order valence-electron chi connectivity index (χ4n) is 1.72. The van der Waals surface area contributed by atoms with Crippen molar-refractivity contribution in [2.24, 2.45) is 0 Å². The van der Waals surface area contributed by atoms with Crippen molar-refractivity contribution in [1.82, 2.24) is 0 Å². The molecule has 0 aliphatic rings. The lowest BCUT2D eigenvalue weighted by molar-refractivity contribution is -0.131. The average molecular weight is 260 g/mol. The topological polar surface area (TPSA) is 37.3 Å². The highest BCUT2D eigenvalue weighted by molar-refractivity contribution is 5.85. The Hall–Kier alpha value is -2.49. The zero-order chi connectivity index (χ0) is 13.8. The molecule has 2 nitrogen and oxygen atoms in total. The molecule has 2 rings (SSSR count). The van der Waals surface area contributed by atoms with Crippen LogP contribution in [-0.2, 0) is 4.79 Å². The number of hydrogen-bond donors (Lipinski definition) is 1. The highest BCUT2D eigenvalue weighted by Crippen LogP contribution is 2.26. The van der Waals surface area contributed by atoms with Crippen LogP contribution >= 0.6 is 0 Å². The van der Waals surface area contributed by atoms with Gasteiger partial charge in [0.2, 0.25) is 0 Å². The number of hydrogen-bond acceptors (Lipinski definition) is 1. The molecule has 4 heteroatoms. The Morgan fingerprint density at radius 2 is 1.84 bits per heavy atom. The minimum Gasteiger partial charge on any atom is -0.478 e. The summed E-state index contributed by atoms with van der Waals surface area (Å²) in [6.45, 7) is 0. The standard InChI is InChI=1S/C15H10F2O2/c16-12-5-1-4-11(9-12)13-6-2-3-10(15(13)17)7-8-14(18)19/h1-9H,(H,18,19). The molecular formula is C15H10F2O2. The first-order valence-corrected chi connectivity index (χ1v) is 5.53. The Balaban J connectivity index is 2.48. The maximum absolute atomic E-state index is 14.2. The molecule has 0 saturated heterocycles. The van der Waals surface area contributed by atoms with Gasteiger partial charge in [-0.3, -0.25) is 0 Å². The lowest BCUT2D eigenvalue weighted by Gasteiger charge is -2.06. The van der Waals surface area contributed by atoms with Gasteiger partial charge in [0.1, 0.15) is 11.6 Å². The number of rotatable bonds is 3. The summed E-state index contributed by atoms with van der Waals surface area (Å²) in [5.74, 6) is -2.19. The van der Waals surface area contributed by atoms with Gasteiger partial charge >= 0.3 is 5.97 Å². The second kappa shape index (κ2) is 5.44. The van der Waals surface area contributed by atoms with E-state index in [9.17, 15) is 13.6 Å². The van der Waals surface area contributed by atoms with E-state index >= 15 is 0 Å². The monoisotopic (exact) mass is 260 g/mol. The third-order valence-corrected chi connectivity index (χ3v) is 2.57. The quantitative estimate of drug-likeness (QED) is 0.854. The van der Waals surface area contributed by atoms with Crippen molar-refractivity contribution in [2.75, 3.05) is 0 Å². The maximum atomic E-state index is 14.2. The van der Waals surface area contributed by atoms with E-state index in [-0.39, 0.29) is 11.1 Å². The molecule has 2 aromatic rings. The van der Waals surface area contributed by atoms with Crippen LogP contribution < -0.4 is 0 Å². The number of carboxylic acid groups (broad SMARTS) is 1. The summed E-state index contributed by atoms with van der Waals surface area (Å²) in [4.78, 5) is 10.4. The molecule has 0 radical (unpaired) electrons.